The van der Waals surface area contributed by atoms with E-state index in [0.717, 1.165) is 5.01 Å². The Balaban J connectivity index is 3.19. The summed E-state index contributed by atoms with van der Waals surface area (Å²) in [4.78, 5) is 1.28. The number of nitrogens with zero attached hydrogens (tertiary/aromatic N) is 1. The average Bonchev–Trinajstić information content (AvgIpc) is 2.17. The van der Waals surface area contributed by atoms with E-state index >= 15 is 0 Å². The first kappa shape index (κ1) is 8.68. The summed E-state index contributed by atoms with van der Waals surface area (Å²) >= 11 is 1.66. The molecule has 1 N–H and O–H groups in total. The van der Waals surface area contributed by atoms with Crippen LogP contribution in [0.2, 0.25) is 0 Å². The number of aliphatic hydroxyl groups excluding tert-OH is 1. The quantitative estimate of drug-likeness (QED) is 0.633. The van der Waals surface area contributed by atoms with Gasteiger partial charge in [-0.05, 0) is 13.8 Å². The summed E-state index contributed by atoms with van der Waals surface area (Å²) in [6, 6.07) is 0. The number of aliphatic hydroxyl groups is 1. The van der Waals surface area contributed by atoms with Gasteiger partial charge >= 0.3 is 0 Å². The van der Waals surface area contributed by atoms with Gasteiger partial charge in [-0.2, -0.15) is 4.57 Å². The number of hydrogen-bond acceptors (Lipinski definition) is 2. The second-order valence-corrected chi connectivity index (χ2v) is 4.05. The van der Waals surface area contributed by atoms with Gasteiger partial charge < -0.3 is 5.11 Å². The van der Waals surface area contributed by atoms with Crippen LogP contribution < -0.4 is 4.57 Å². The number of hydrogen-bond donors (Lipinski definition) is 1. The molecule has 0 spiro atoms. The summed E-state index contributed by atoms with van der Waals surface area (Å²) in [6.45, 7) is 5.94. The molecule has 1 aromatic rings. The van der Waals surface area contributed by atoms with Crippen LogP contribution in [0.3, 0.4) is 0 Å². The minimum Gasteiger partial charge on any atom is -0.381 e. The van der Waals surface area contributed by atoms with Gasteiger partial charge in [0.1, 0.15) is 13.2 Å². The van der Waals surface area contributed by atoms with Gasteiger partial charge in [0.05, 0.1) is 4.88 Å². The molecular formula is C8H14NOS+. The topological polar surface area (TPSA) is 24.1 Å². The van der Waals surface area contributed by atoms with Crippen LogP contribution >= 0.6 is 11.3 Å². The van der Waals surface area contributed by atoms with Crippen molar-refractivity contribution in [1.82, 2.24) is 0 Å². The fourth-order valence-corrected chi connectivity index (χ4v) is 2.11. The number of thiazole rings is 1. The molecule has 1 unspecified atom stereocenters. The van der Waals surface area contributed by atoms with E-state index in [0.29, 0.717) is 0 Å². The molecule has 0 saturated heterocycles. The van der Waals surface area contributed by atoms with E-state index in [1.54, 1.807) is 18.3 Å². The molecule has 62 valence electrons. The van der Waals surface area contributed by atoms with Crippen LogP contribution in [-0.4, -0.2) is 5.11 Å². The molecular weight excluding hydrogens is 158 g/mol. The van der Waals surface area contributed by atoms with Crippen molar-refractivity contribution in [1.29, 1.82) is 0 Å². The molecule has 1 rings (SSSR count). The number of aromatic nitrogens is 1. The van der Waals surface area contributed by atoms with Gasteiger partial charge in [-0.15, -0.1) is 0 Å². The largest absolute Gasteiger partial charge is 0.381 e. The highest BCUT2D eigenvalue weighted by Crippen LogP contribution is 2.19. The van der Waals surface area contributed by atoms with E-state index in [9.17, 15) is 5.11 Å². The van der Waals surface area contributed by atoms with Gasteiger partial charge in [0.15, 0.2) is 5.69 Å². The second-order valence-electron chi connectivity index (χ2n) is 2.82. The third-order valence-electron chi connectivity index (χ3n) is 1.96. The van der Waals surface area contributed by atoms with E-state index < -0.39 is 0 Å². The first-order valence-corrected chi connectivity index (χ1v) is 4.49. The van der Waals surface area contributed by atoms with Crippen LogP contribution in [0.4, 0.5) is 0 Å². The van der Waals surface area contributed by atoms with Crippen LogP contribution in [0.1, 0.15) is 28.6 Å². The minimum absolute atomic E-state index is 0.350. The Morgan fingerprint density at radius 3 is 2.18 bits per heavy atom. The Labute approximate surface area is 71.1 Å². The van der Waals surface area contributed by atoms with Crippen LogP contribution in [0.15, 0.2) is 0 Å². The Bertz CT molecular complexity index is 265. The van der Waals surface area contributed by atoms with Gasteiger partial charge in [0.25, 0.3) is 5.01 Å². The van der Waals surface area contributed by atoms with E-state index in [-0.39, 0.29) is 6.10 Å². The molecule has 1 aromatic heterocycles. The minimum atomic E-state index is -0.350. The summed E-state index contributed by atoms with van der Waals surface area (Å²) in [5.41, 5.74) is 1.24. The third-order valence-corrected chi connectivity index (χ3v) is 3.38. The molecule has 0 bridgehead atoms. The van der Waals surface area contributed by atoms with Crippen molar-refractivity contribution in [2.75, 3.05) is 0 Å². The smallest absolute Gasteiger partial charge is 0.266 e. The molecule has 1 atom stereocenters. The van der Waals surface area contributed by atoms with Crippen molar-refractivity contribution in [2.45, 2.75) is 26.9 Å². The highest BCUT2D eigenvalue weighted by Gasteiger charge is 2.20. The number of rotatable bonds is 1. The lowest BCUT2D eigenvalue weighted by atomic mass is 10.4. The highest BCUT2D eigenvalue weighted by molar-refractivity contribution is 7.11. The lowest BCUT2D eigenvalue weighted by Crippen LogP contribution is -2.34. The normalized spacial score (nSPS) is 13.5. The second kappa shape index (κ2) is 2.91. The molecule has 0 aliphatic heterocycles. The van der Waals surface area contributed by atoms with Crippen LogP contribution in [-0.2, 0) is 7.05 Å². The Kier molecular flexibility index (Phi) is 2.30. The average molecular weight is 172 g/mol. The monoisotopic (exact) mass is 172 g/mol. The van der Waals surface area contributed by atoms with E-state index in [1.165, 1.54) is 10.6 Å². The Morgan fingerprint density at radius 1 is 1.45 bits per heavy atom. The first-order valence-electron chi connectivity index (χ1n) is 3.68. The highest BCUT2D eigenvalue weighted by atomic mass is 32.1. The molecule has 0 saturated carbocycles. The maximum atomic E-state index is 9.33. The summed E-state index contributed by atoms with van der Waals surface area (Å²) in [7, 11) is 1.99. The SMILES string of the molecule is Cc1sc(C(C)O)[n+](C)c1C. The van der Waals surface area contributed by atoms with Crippen LogP contribution in [0.25, 0.3) is 0 Å². The summed E-state index contributed by atoms with van der Waals surface area (Å²) < 4.78 is 2.05. The molecule has 0 aromatic carbocycles. The third kappa shape index (κ3) is 1.44. The van der Waals surface area contributed by atoms with Crippen molar-refractivity contribution in [3.8, 4) is 0 Å². The molecule has 1 heterocycles. The van der Waals surface area contributed by atoms with Crippen molar-refractivity contribution in [3.05, 3.63) is 15.6 Å². The Morgan fingerprint density at radius 2 is 2.00 bits per heavy atom. The zero-order valence-electron chi connectivity index (χ0n) is 7.38. The molecule has 0 amide bonds. The van der Waals surface area contributed by atoms with Crippen molar-refractivity contribution >= 4 is 11.3 Å². The number of aryl methyl sites for hydroxylation is 1. The van der Waals surface area contributed by atoms with Crippen molar-refractivity contribution in [3.63, 3.8) is 0 Å². The first-order chi connectivity index (χ1) is 5.04. The molecule has 0 radical (unpaired) electrons. The zero-order chi connectivity index (χ0) is 8.59. The van der Waals surface area contributed by atoms with E-state index in [4.69, 9.17) is 0 Å². The molecule has 0 fully saturated rings. The molecule has 0 aliphatic carbocycles. The summed E-state index contributed by atoms with van der Waals surface area (Å²) in [5.74, 6) is 0. The fourth-order valence-electron chi connectivity index (χ4n) is 1.07. The van der Waals surface area contributed by atoms with Gasteiger partial charge in [0.2, 0.25) is 0 Å². The predicted molar refractivity (Wildman–Crippen MR) is 45.6 cm³/mol. The van der Waals surface area contributed by atoms with Crippen molar-refractivity contribution < 1.29 is 9.67 Å². The molecule has 3 heteroatoms. The van der Waals surface area contributed by atoms with Crippen molar-refractivity contribution in [2.24, 2.45) is 7.05 Å². The van der Waals surface area contributed by atoms with Crippen LogP contribution in [0, 0.1) is 13.8 Å². The van der Waals surface area contributed by atoms with Gasteiger partial charge in [0, 0.05) is 6.92 Å². The van der Waals surface area contributed by atoms with E-state index in [2.05, 4.69) is 13.8 Å². The lowest BCUT2D eigenvalue weighted by Gasteiger charge is -1.94. The van der Waals surface area contributed by atoms with E-state index in [1.807, 2.05) is 11.6 Å². The molecule has 0 aliphatic rings. The standard InChI is InChI=1S/C8H14NOS/c1-5-7(3)11-8(6(2)10)9(5)4/h6,10H,1-4H3/q+1. The summed E-state index contributed by atoms with van der Waals surface area (Å²) in [5, 5.41) is 10.4. The van der Waals surface area contributed by atoms with Crippen LogP contribution in [0.5, 0.6) is 0 Å². The summed E-state index contributed by atoms with van der Waals surface area (Å²) in [6.07, 6.45) is -0.350. The maximum absolute atomic E-state index is 9.33. The molecule has 11 heavy (non-hydrogen) atoms. The molecule has 2 nitrogen and oxygen atoms in total. The zero-order valence-corrected chi connectivity index (χ0v) is 8.20. The maximum Gasteiger partial charge on any atom is 0.266 e. The predicted octanol–water partition coefficient (Wildman–Crippen LogP) is 1.24. The van der Waals surface area contributed by atoms with Gasteiger partial charge in [-0.25, -0.2) is 0 Å². The lowest BCUT2D eigenvalue weighted by molar-refractivity contribution is -0.683. The fraction of sp³-hybridized carbons (Fsp3) is 0.625. The Hall–Kier alpha value is -0.410. The van der Waals surface area contributed by atoms with Gasteiger partial charge in [-0.1, -0.05) is 11.3 Å². The van der Waals surface area contributed by atoms with Gasteiger partial charge in [-0.3, -0.25) is 0 Å².